The normalized spacial score (nSPS) is 22.1. The Kier molecular flexibility index (Phi) is 3.85. The highest BCUT2D eigenvalue weighted by Crippen LogP contribution is 2.27. The minimum atomic E-state index is -3.96. The lowest BCUT2D eigenvalue weighted by atomic mass is 10.0. The van der Waals surface area contributed by atoms with Crippen LogP contribution in [0.3, 0.4) is 0 Å². The van der Waals surface area contributed by atoms with Crippen LogP contribution in [0.15, 0.2) is 5.03 Å². The van der Waals surface area contributed by atoms with Gasteiger partial charge in [-0.25, -0.2) is 13.2 Å². The number of hydrogen-bond acceptors (Lipinski definition) is 5. The van der Waals surface area contributed by atoms with Crippen molar-refractivity contribution in [3.63, 3.8) is 0 Å². The van der Waals surface area contributed by atoms with Crippen molar-refractivity contribution in [1.82, 2.24) is 14.5 Å². The lowest BCUT2D eigenvalue weighted by Crippen LogP contribution is -2.31. The quantitative estimate of drug-likeness (QED) is 0.708. The maximum absolute atomic E-state index is 12.4. The minimum Gasteiger partial charge on any atom is -0.478 e. The molecule has 0 spiro atoms. The fourth-order valence-corrected chi connectivity index (χ4v) is 3.97. The first kappa shape index (κ1) is 14.9. The summed E-state index contributed by atoms with van der Waals surface area (Å²) in [6.07, 6.45) is -0.0574. The molecule has 112 valence electrons. The molecule has 20 heavy (non-hydrogen) atoms. The summed E-state index contributed by atoms with van der Waals surface area (Å²) in [4.78, 5) is 11.2. The Morgan fingerprint density at radius 3 is 2.70 bits per heavy atom. The lowest BCUT2D eigenvalue weighted by Gasteiger charge is -2.16. The van der Waals surface area contributed by atoms with Crippen molar-refractivity contribution in [3.05, 3.63) is 11.3 Å². The number of hydrogen-bond donors (Lipinski definition) is 3. The molecule has 0 aliphatic carbocycles. The summed E-state index contributed by atoms with van der Waals surface area (Å²) in [5, 5.41) is 24.2. The molecule has 3 N–H and O–H groups in total. The SMILES string of the molecule is Cc1[nH]nc(S(=O)(=O)N2CCC(C(C)O)C2)c1C(=O)O. The molecule has 2 atom stereocenters. The molecule has 0 amide bonds. The predicted octanol–water partition coefficient (Wildman–Crippen LogP) is -0.192. The van der Waals surface area contributed by atoms with Gasteiger partial charge < -0.3 is 10.2 Å². The van der Waals surface area contributed by atoms with Crippen molar-refractivity contribution in [1.29, 1.82) is 0 Å². The number of nitrogens with one attached hydrogen (secondary N) is 1. The van der Waals surface area contributed by atoms with E-state index in [1.807, 2.05) is 0 Å². The zero-order valence-corrected chi connectivity index (χ0v) is 12.0. The van der Waals surface area contributed by atoms with Crippen LogP contribution in [0, 0.1) is 12.8 Å². The highest BCUT2D eigenvalue weighted by molar-refractivity contribution is 7.89. The molecule has 9 heteroatoms. The summed E-state index contributed by atoms with van der Waals surface area (Å²) < 4.78 is 26.1. The number of aromatic amines is 1. The maximum atomic E-state index is 12.4. The summed E-state index contributed by atoms with van der Waals surface area (Å²) in [5.74, 6) is -1.47. The van der Waals surface area contributed by atoms with Crippen LogP contribution in [0.1, 0.15) is 29.4 Å². The van der Waals surface area contributed by atoms with Crippen molar-refractivity contribution in [3.8, 4) is 0 Å². The van der Waals surface area contributed by atoms with Crippen LogP contribution in [-0.4, -0.2) is 58.3 Å². The third-order valence-electron chi connectivity index (χ3n) is 3.58. The number of aliphatic hydroxyl groups excluding tert-OH is 1. The van der Waals surface area contributed by atoms with E-state index in [0.717, 1.165) is 0 Å². The van der Waals surface area contributed by atoms with Crippen LogP contribution >= 0.6 is 0 Å². The van der Waals surface area contributed by atoms with Crippen LogP contribution in [0.4, 0.5) is 0 Å². The maximum Gasteiger partial charge on any atom is 0.340 e. The fourth-order valence-electron chi connectivity index (χ4n) is 2.33. The number of rotatable bonds is 4. The average molecular weight is 303 g/mol. The molecule has 0 bridgehead atoms. The first-order chi connectivity index (χ1) is 9.25. The van der Waals surface area contributed by atoms with Crippen LogP contribution in [-0.2, 0) is 10.0 Å². The molecule has 0 saturated carbocycles. The number of aromatic nitrogens is 2. The Labute approximate surface area is 116 Å². The van der Waals surface area contributed by atoms with Gasteiger partial charge in [-0.05, 0) is 26.2 Å². The van der Waals surface area contributed by atoms with Gasteiger partial charge in [0.2, 0.25) is 5.03 Å². The Balaban J connectivity index is 2.35. The third kappa shape index (κ3) is 2.43. The summed E-state index contributed by atoms with van der Waals surface area (Å²) in [6, 6.07) is 0. The second-order valence-electron chi connectivity index (χ2n) is 4.99. The summed E-state index contributed by atoms with van der Waals surface area (Å²) >= 11 is 0. The number of nitrogens with zero attached hydrogens (tertiary/aromatic N) is 2. The van der Waals surface area contributed by atoms with Crippen molar-refractivity contribution in [2.75, 3.05) is 13.1 Å². The number of H-pyrrole nitrogens is 1. The van der Waals surface area contributed by atoms with Crippen molar-refractivity contribution in [2.45, 2.75) is 31.4 Å². The standard InChI is InChI=1S/C11H17N3O5S/c1-6-9(11(16)17)10(13-12-6)20(18,19)14-4-3-8(5-14)7(2)15/h7-8,15H,3-5H2,1-2H3,(H,12,13)(H,16,17). The molecule has 0 radical (unpaired) electrons. The molecule has 1 aliphatic rings. The van der Waals surface area contributed by atoms with Gasteiger partial charge in [-0.3, -0.25) is 5.10 Å². The van der Waals surface area contributed by atoms with Crippen molar-refractivity contribution < 1.29 is 23.4 Å². The lowest BCUT2D eigenvalue weighted by molar-refractivity contribution is 0.0691. The average Bonchev–Trinajstić information content (AvgIpc) is 2.94. The van der Waals surface area contributed by atoms with Crippen LogP contribution in [0.25, 0.3) is 0 Å². The van der Waals surface area contributed by atoms with Gasteiger partial charge in [0.15, 0.2) is 0 Å². The van der Waals surface area contributed by atoms with E-state index in [4.69, 9.17) is 5.11 Å². The highest BCUT2D eigenvalue weighted by atomic mass is 32.2. The second-order valence-corrected chi connectivity index (χ2v) is 6.84. The molecule has 1 fully saturated rings. The van der Waals surface area contributed by atoms with Gasteiger partial charge in [-0.15, -0.1) is 0 Å². The van der Waals surface area contributed by atoms with Crippen molar-refractivity contribution in [2.24, 2.45) is 5.92 Å². The molecule has 0 aromatic carbocycles. The van der Waals surface area contributed by atoms with Gasteiger partial charge >= 0.3 is 5.97 Å². The van der Waals surface area contributed by atoms with E-state index in [9.17, 15) is 18.3 Å². The number of carboxylic acid groups (broad SMARTS) is 1. The van der Waals surface area contributed by atoms with E-state index in [1.165, 1.54) is 11.2 Å². The molecule has 2 heterocycles. The second kappa shape index (κ2) is 5.15. The summed E-state index contributed by atoms with van der Waals surface area (Å²) in [5.41, 5.74) is -0.132. The van der Waals surface area contributed by atoms with Gasteiger partial charge in [-0.1, -0.05) is 0 Å². The Hall–Kier alpha value is -1.45. The smallest absolute Gasteiger partial charge is 0.340 e. The number of carboxylic acids is 1. The Morgan fingerprint density at radius 1 is 1.55 bits per heavy atom. The summed E-state index contributed by atoms with van der Waals surface area (Å²) in [7, 11) is -3.96. The molecule has 1 aliphatic heterocycles. The van der Waals surface area contributed by atoms with Gasteiger partial charge in [0.05, 0.1) is 6.10 Å². The molecule has 1 aromatic rings. The van der Waals surface area contributed by atoms with E-state index in [1.54, 1.807) is 6.92 Å². The molecule has 2 unspecified atom stereocenters. The van der Waals surface area contributed by atoms with E-state index in [-0.39, 0.29) is 30.3 Å². The highest BCUT2D eigenvalue weighted by Gasteiger charge is 2.38. The minimum absolute atomic E-state index is 0.141. The van der Waals surface area contributed by atoms with Crippen LogP contribution in [0.2, 0.25) is 0 Å². The van der Waals surface area contributed by atoms with Crippen LogP contribution in [0.5, 0.6) is 0 Å². The number of aliphatic hydroxyl groups is 1. The third-order valence-corrected chi connectivity index (χ3v) is 5.38. The Morgan fingerprint density at radius 2 is 2.20 bits per heavy atom. The van der Waals surface area contributed by atoms with Gasteiger partial charge in [0.25, 0.3) is 10.0 Å². The topological polar surface area (TPSA) is 124 Å². The number of carbonyl (C=O) groups is 1. The zero-order chi connectivity index (χ0) is 15.1. The van der Waals surface area contributed by atoms with Crippen molar-refractivity contribution >= 4 is 16.0 Å². The van der Waals surface area contributed by atoms with E-state index >= 15 is 0 Å². The molecule has 8 nitrogen and oxygen atoms in total. The number of aromatic carboxylic acids is 1. The van der Waals surface area contributed by atoms with E-state index in [2.05, 4.69) is 10.2 Å². The van der Waals surface area contributed by atoms with Gasteiger partial charge in [0, 0.05) is 18.8 Å². The molecule has 2 rings (SSSR count). The largest absolute Gasteiger partial charge is 0.478 e. The van der Waals surface area contributed by atoms with Gasteiger partial charge in [0.1, 0.15) is 5.56 Å². The van der Waals surface area contributed by atoms with E-state index < -0.39 is 27.1 Å². The monoisotopic (exact) mass is 303 g/mol. The molecular weight excluding hydrogens is 286 g/mol. The number of aryl methyl sites for hydroxylation is 1. The Bertz CT molecular complexity index is 622. The zero-order valence-electron chi connectivity index (χ0n) is 11.2. The predicted molar refractivity (Wildman–Crippen MR) is 68.8 cm³/mol. The first-order valence-corrected chi connectivity index (χ1v) is 7.65. The van der Waals surface area contributed by atoms with Crippen LogP contribution < -0.4 is 0 Å². The first-order valence-electron chi connectivity index (χ1n) is 6.21. The fraction of sp³-hybridized carbons (Fsp3) is 0.636. The van der Waals surface area contributed by atoms with E-state index in [0.29, 0.717) is 6.42 Å². The van der Waals surface area contributed by atoms with Gasteiger partial charge in [-0.2, -0.15) is 9.40 Å². The molecular formula is C11H17N3O5S. The molecule has 1 aromatic heterocycles. The summed E-state index contributed by atoms with van der Waals surface area (Å²) in [6.45, 7) is 3.49. The molecule has 1 saturated heterocycles. The number of sulfonamides is 1.